The highest BCUT2D eigenvalue weighted by Crippen LogP contribution is 2.33. The van der Waals surface area contributed by atoms with Gasteiger partial charge in [0.1, 0.15) is 5.03 Å². The van der Waals surface area contributed by atoms with Gasteiger partial charge in [0.2, 0.25) is 0 Å². The normalized spacial score (nSPS) is 16.6. The van der Waals surface area contributed by atoms with Gasteiger partial charge in [-0.1, -0.05) is 23.8 Å². The molecule has 0 saturated heterocycles. The van der Waals surface area contributed by atoms with Gasteiger partial charge in [-0.25, -0.2) is 9.97 Å². The van der Waals surface area contributed by atoms with E-state index >= 15 is 0 Å². The van der Waals surface area contributed by atoms with Crippen molar-refractivity contribution in [2.24, 2.45) is 0 Å². The number of nitrogens with zero attached hydrogens (tertiary/aromatic N) is 2. The molecule has 1 aromatic heterocycles. The average molecular weight is 300 g/mol. The van der Waals surface area contributed by atoms with Crippen molar-refractivity contribution in [3.63, 3.8) is 0 Å². The van der Waals surface area contributed by atoms with Gasteiger partial charge in [0.15, 0.2) is 5.82 Å². The van der Waals surface area contributed by atoms with E-state index in [0.29, 0.717) is 6.61 Å². The van der Waals surface area contributed by atoms with Crippen LogP contribution in [0.3, 0.4) is 0 Å². The lowest BCUT2D eigenvalue weighted by molar-refractivity contribution is -0.0428. The molecule has 0 amide bonds. The van der Waals surface area contributed by atoms with Crippen molar-refractivity contribution >= 4 is 11.8 Å². The van der Waals surface area contributed by atoms with Crippen LogP contribution in [0.1, 0.15) is 30.7 Å². The number of fused-ring (bicyclic) bond motifs is 1. The minimum atomic E-state index is -0.152. The Balaban J connectivity index is 2.12. The van der Waals surface area contributed by atoms with Crippen LogP contribution in [0.2, 0.25) is 0 Å². The summed E-state index contributed by atoms with van der Waals surface area (Å²) in [5, 5.41) is 1.03. The van der Waals surface area contributed by atoms with E-state index in [1.807, 2.05) is 0 Å². The minimum absolute atomic E-state index is 0.152. The fraction of sp³-hybridized carbons (Fsp3) is 0.412. The molecule has 0 N–H and O–H groups in total. The zero-order valence-electron chi connectivity index (χ0n) is 12.9. The van der Waals surface area contributed by atoms with Crippen LogP contribution in [0.4, 0.5) is 0 Å². The molecule has 21 heavy (non-hydrogen) atoms. The molecule has 2 aromatic rings. The number of benzene rings is 1. The first kappa shape index (κ1) is 14.5. The van der Waals surface area contributed by atoms with Crippen molar-refractivity contribution in [3.05, 3.63) is 41.1 Å². The molecule has 1 aromatic carbocycles. The third-order valence-electron chi connectivity index (χ3n) is 3.72. The molecule has 0 unspecified atom stereocenters. The van der Waals surface area contributed by atoms with Crippen LogP contribution >= 0.6 is 11.8 Å². The standard InChI is InChI=1S/C17H20N2OS/c1-11-6-5-7-12(8-11)15-18-14-9-17(2,3)20-10-13(14)16(19-15)21-4/h5-8H,9-10H2,1-4H3. The van der Waals surface area contributed by atoms with Crippen molar-refractivity contribution in [2.75, 3.05) is 6.26 Å². The van der Waals surface area contributed by atoms with E-state index in [-0.39, 0.29) is 5.60 Å². The van der Waals surface area contributed by atoms with Gasteiger partial charge < -0.3 is 4.74 Å². The van der Waals surface area contributed by atoms with Crippen LogP contribution in [0.15, 0.2) is 29.3 Å². The first-order valence-electron chi connectivity index (χ1n) is 7.13. The van der Waals surface area contributed by atoms with E-state index in [1.54, 1.807) is 11.8 Å². The van der Waals surface area contributed by atoms with Gasteiger partial charge >= 0.3 is 0 Å². The second kappa shape index (κ2) is 5.43. The molecule has 110 valence electrons. The Morgan fingerprint density at radius 1 is 1.24 bits per heavy atom. The Bertz CT molecular complexity index is 682. The summed E-state index contributed by atoms with van der Waals surface area (Å²) in [6, 6.07) is 8.35. The minimum Gasteiger partial charge on any atom is -0.370 e. The van der Waals surface area contributed by atoms with E-state index in [1.165, 1.54) is 5.56 Å². The molecule has 3 nitrogen and oxygen atoms in total. The molecule has 0 bridgehead atoms. The molecule has 0 aliphatic carbocycles. The van der Waals surface area contributed by atoms with Gasteiger partial charge in [-0.15, -0.1) is 11.8 Å². The second-order valence-corrected chi connectivity index (χ2v) is 6.87. The lowest BCUT2D eigenvalue weighted by Crippen LogP contribution is -2.33. The third-order valence-corrected chi connectivity index (χ3v) is 4.45. The summed E-state index contributed by atoms with van der Waals surface area (Å²) in [6.07, 6.45) is 2.89. The van der Waals surface area contributed by atoms with Crippen molar-refractivity contribution in [1.82, 2.24) is 9.97 Å². The Morgan fingerprint density at radius 3 is 2.76 bits per heavy atom. The van der Waals surface area contributed by atoms with E-state index in [2.05, 4.69) is 51.3 Å². The third kappa shape index (κ3) is 2.97. The average Bonchev–Trinajstić information content (AvgIpc) is 2.44. The van der Waals surface area contributed by atoms with Gasteiger partial charge in [-0.2, -0.15) is 0 Å². The lowest BCUT2D eigenvalue weighted by Gasteiger charge is -2.31. The van der Waals surface area contributed by atoms with Crippen molar-refractivity contribution in [1.29, 1.82) is 0 Å². The fourth-order valence-electron chi connectivity index (χ4n) is 2.60. The SMILES string of the molecule is CSc1nc(-c2cccc(C)c2)nc2c1COC(C)(C)C2. The Labute approximate surface area is 130 Å². The maximum absolute atomic E-state index is 5.91. The van der Waals surface area contributed by atoms with Crippen molar-refractivity contribution < 1.29 is 4.74 Å². The van der Waals surface area contributed by atoms with Gasteiger partial charge in [0.25, 0.3) is 0 Å². The van der Waals surface area contributed by atoms with Crippen LogP contribution in [0.5, 0.6) is 0 Å². The van der Waals surface area contributed by atoms with E-state index < -0.39 is 0 Å². The molecular weight excluding hydrogens is 280 g/mol. The number of aromatic nitrogens is 2. The maximum Gasteiger partial charge on any atom is 0.160 e. The summed E-state index contributed by atoms with van der Waals surface area (Å²) >= 11 is 1.67. The van der Waals surface area contributed by atoms with Crippen LogP contribution in [-0.2, 0) is 17.8 Å². The number of thioether (sulfide) groups is 1. The largest absolute Gasteiger partial charge is 0.370 e. The molecule has 2 heterocycles. The predicted molar refractivity (Wildman–Crippen MR) is 86.6 cm³/mol. The highest BCUT2D eigenvalue weighted by Gasteiger charge is 2.29. The molecule has 0 spiro atoms. The summed E-state index contributed by atoms with van der Waals surface area (Å²) in [5.74, 6) is 0.819. The summed E-state index contributed by atoms with van der Waals surface area (Å²) in [7, 11) is 0. The van der Waals surface area contributed by atoms with Gasteiger partial charge in [0, 0.05) is 17.5 Å². The van der Waals surface area contributed by atoms with Crippen molar-refractivity contribution in [2.45, 2.75) is 44.4 Å². The van der Waals surface area contributed by atoms with E-state index in [4.69, 9.17) is 14.7 Å². The van der Waals surface area contributed by atoms with E-state index in [0.717, 1.165) is 34.1 Å². The highest BCUT2D eigenvalue weighted by atomic mass is 32.2. The molecule has 3 rings (SSSR count). The summed E-state index contributed by atoms with van der Waals surface area (Å²) in [5.41, 5.74) is 4.43. The smallest absolute Gasteiger partial charge is 0.160 e. The maximum atomic E-state index is 5.91. The second-order valence-electron chi connectivity index (χ2n) is 6.08. The number of hydrogen-bond donors (Lipinski definition) is 0. The molecule has 1 aliphatic rings. The van der Waals surface area contributed by atoms with Crippen LogP contribution in [0.25, 0.3) is 11.4 Å². The molecule has 1 aliphatic heterocycles. The molecule has 0 fully saturated rings. The first-order valence-corrected chi connectivity index (χ1v) is 8.36. The van der Waals surface area contributed by atoms with Gasteiger partial charge in [-0.05, 0) is 33.1 Å². The number of ether oxygens (including phenoxy) is 1. The van der Waals surface area contributed by atoms with E-state index in [9.17, 15) is 0 Å². The van der Waals surface area contributed by atoms with Crippen molar-refractivity contribution in [3.8, 4) is 11.4 Å². The zero-order chi connectivity index (χ0) is 15.0. The fourth-order valence-corrected chi connectivity index (χ4v) is 3.20. The Morgan fingerprint density at radius 2 is 2.05 bits per heavy atom. The molecule has 0 radical (unpaired) electrons. The molecular formula is C17H20N2OS. The monoisotopic (exact) mass is 300 g/mol. The topological polar surface area (TPSA) is 35.0 Å². The Hall–Kier alpha value is -1.39. The van der Waals surface area contributed by atoms with Gasteiger partial charge in [-0.3, -0.25) is 0 Å². The van der Waals surface area contributed by atoms with Gasteiger partial charge in [0.05, 0.1) is 17.9 Å². The molecule has 0 atom stereocenters. The summed E-state index contributed by atoms with van der Waals surface area (Å²) in [4.78, 5) is 9.56. The quantitative estimate of drug-likeness (QED) is 0.619. The molecule has 0 saturated carbocycles. The number of rotatable bonds is 2. The summed E-state index contributed by atoms with van der Waals surface area (Å²) < 4.78 is 5.91. The number of aryl methyl sites for hydroxylation is 1. The highest BCUT2D eigenvalue weighted by molar-refractivity contribution is 7.98. The number of hydrogen-bond acceptors (Lipinski definition) is 4. The Kier molecular flexibility index (Phi) is 3.76. The molecule has 4 heteroatoms. The lowest BCUT2D eigenvalue weighted by atomic mass is 9.96. The van der Waals surface area contributed by atoms with Crippen LogP contribution in [-0.4, -0.2) is 21.8 Å². The van der Waals surface area contributed by atoms with Crippen LogP contribution < -0.4 is 0 Å². The first-order chi connectivity index (χ1) is 9.98. The predicted octanol–water partition coefficient (Wildman–Crippen LogP) is 4.03. The summed E-state index contributed by atoms with van der Waals surface area (Å²) in [6.45, 7) is 6.92. The zero-order valence-corrected chi connectivity index (χ0v) is 13.8. The van der Waals surface area contributed by atoms with Crippen LogP contribution in [0, 0.1) is 6.92 Å².